The summed E-state index contributed by atoms with van der Waals surface area (Å²) in [5.74, 6) is 0. The first-order valence-corrected chi connectivity index (χ1v) is 7.10. The van der Waals surface area contributed by atoms with Gasteiger partial charge in [0, 0.05) is 13.2 Å². The molecular formula is C12H16N2O3S. The second-order valence-electron chi connectivity index (χ2n) is 3.73. The smallest absolute Gasteiger partial charge is 0.241 e. The molecule has 18 heavy (non-hydrogen) atoms. The number of ether oxygens (including phenoxy) is 1. The van der Waals surface area contributed by atoms with Crippen LogP contribution in [0.4, 0.5) is 0 Å². The molecule has 5 nitrogen and oxygen atoms in total. The van der Waals surface area contributed by atoms with Crippen molar-refractivity contribution in [2.24, 2.45) is 0 Å². The van der Waals surface area contributed by atoms with Gasteiger partial charge in [-0.25, -0.2) is 13.1 Å². The van der Waals surface area contributed by atoms with E-state index in [0.29, 0.717) is 6.61 Å². The number of nitrogens with zero attached hydrogens (tertiary/aromatic N) is 1. The Morgan fingerprint density at radius 3 is 2.72 bits per heavy atom. The second-order valence-corrected chi connectivity index (χ2v) is 5.46. The van der Waals surface area contributed by atoms with Crippen LogP contribution in [0.3, 0.4) is 0 Å². The highest BCUT2D eigenvalue weighted by Crippen LogP contribution is 2.13. The van der Waals surface area contributed by atoms with Gasteiger partial charge in [0.05, 0.1) is 16.6 Å². The predicted molar refractivity (Wildman–Crippen MR) is 67.4 cm³/mol. The lowest BCUT2D eigenvalue weighted by Gasteiger charge is -2.13. The van der Waals surface area contributed by atoms with Crippen LogP contribution in [0.2, 0.25) is 0 Å². The highest BCUT2D eigenvalue weighted by Gasteiger charge is 2.18. The Morgan fingerprint density at radius 1 is 1.44 bits per heavy atom. The lowest BCUT2D eigenvalue weighted by molar-refractivity contribution is 0.0799. The SMILES string of the molecule is CCOC(C)CNS(=O)(=O)c1ccccc1C#N. The van der Waals surface area contributed by atoms with Gasteiger partial charge in [0.15, 0.2) is 0 Å². The fourth-order valence-electron chi connectivity index (χ4n) is 1.44. The Bertz CT molecular complexity index is 534. The van der Waals surface area contributed by atoms with Crippen molar-refractivity contribution in [2.75, 3.05) is 13.2 Å². The molecule has 98 valence electrons. The summed E-state index contributed by atoms with van der Waals surface area (Å²) in [6, 6.07) is 7.96. The van der Waals surface area contributed by atoms with Crippen LogP contribution in [-0.4, -0.2) is 27.7 Å². The van der Waals surface area contributed by atoms with Gasteiger partial charge in [-0.1, -0.05) is 12.1 Å². The summed E-state index contributed by atoms with van der Waals surface area (Å²) in [5.41, 5.74) is 0.133. The molecule has 1 N–H and O–H groups in total. The standard InChI is InChI=1S/C12H16N2O3S/c1-3-17-10(2)9-14-18(15,16)12-7-5-4-6-11(12)8-13/h4-7,10,14H,3,9H2,1-2H3. The largest absolute Gasteiger partial charge is 0.377 e. The topological polar surface area (TPSA) is 79.2 Å². The van der Waals surface area contributed by atoms with Crippen molar-refractivity contribution in [3.8, 4) is 6.07 Å². The third kappa shape index (κ3) is 3.81. The minimum atomic E-state index is -3.67. The van der Waals surface area contributed by atoms with Gasteiger partial charge in [0.25, 0.3) is 0 Å². The summed E-state index contributed by atoms with van der Waals surface area (Å²) in [7, 11) is -3.67. The molecule has 0 amide bonds. The van der Waals surface area contributed by atoms with Crippen LogP contribution in [-0.2, 0) is 14.8 Å². The number of hydrogen-bond donors (Lipinski definition) is 1. The van der Waals surface area contributed by atoms with E-state index in [-0.39, 0.29) is 23.1 Å². The van der Waals surface area contributed by atoms with E-state index in [4.69, 9.17) is 10.00 Å². The van der Waals surface area contributed by atoms with E-state index in [1.807, 2.05) is 13.0 Å². The quantitative estimate of drug-likeness (QED) is 0.842. The van der Waals surface area contributed by atoms with Gasteiger partial charge in [-0.2, -0.15) is 5.26 Å². The summed E-state index contributed by atoms with van der Waals surface area (Å²) in [6.45, 7) is 4.33. The molecule has 1 rings (SSSR count). The average Bonchev–Trinajstić information content (AvgIpc) is 2.37. The average molecular weight is 268 g/mol. The van der Waals surface area contributed by atoms with Gasteiger partial charge in [-0.05, 0) is 26.0 Å². The van der Waals surface area contributed by atoms with Crippen LogP contribution in [0, 0.1) is 11.3 Å². The van der Waals surface area contributed by atoms with E-state index in [9.17, 15) is 8.42 Å². The molecule has 0 bridgehead atoms. The minimum Gasteiger partial charge on any atom is -0.377 e. The highest BCUT2D eigenvalue weighted by atomic mass is 32.2. The molecule has 1 aromatic rings. The van der Waals surface area contributed by atoms with Crippen molar-refractivity contribution >= 4 is 10.0 Å². The molecule has 0 saturated carbocycles. The van der Waals surface area contributed by atoms with E-state index in [2.05, 4.69) is 4.72 Å². The van der Waals surface area contributed by atoms with E-state index in [0.717, 1.165) is 0 Å². The molecule has 1 aromatic carbocycles. The number of rotatable bonds is 6. The Labute approximate surface area is 107 Å². The number of nitrogens with one attached hydrogen (secondary N) is 1. The third-order valence-electron chi connectivity index (χ3n) is 2.31. The number of sulfonamides is 1. The van der Waals surface area contributed by atoms with Gasteiger partial charge >= 0.3 is 0 Å². The van der Waals surface area contributed by atoms with Crippen LogP contribution in [0.5, 0.6) is 0 Å². The van der Waals surface area contributed by atoms with Crippen LogP contribution in [0.1, 0.15) is 19.4 Å². The first-order valence-electron chi connectivity index (χ1n) is 5.61. The van der Waals surface area contributed by atoms with Crippen molar-refractivity contribution in [3.63, 3.8) is 0 Å². The van der Waals surface area contributed by atoms with Crippen LogP contribution in [0.25, 0.3) is 0 Å². The molecular weight excluding hydrogens is 252 g/mol. The predicted octanol–water partition coefficient (Wildman–Crippen LogP) is 1.26. The molecule has 0 heterocycles. The molecule has 6 heteroatoms. The zero-order valence-electron chi connectivity index (χ0n) is 10.4. The number of benzene rings is 1. The fraction of sp³-hybridized carbons (Fsp3) is 0.417. The Kier molecular flexibility index (Phi) is 5.28. The fourth-order valence-corrected chi connectivity index (χ4v) is 2.71. The minimum absolute atomic E-state index is 0.00352. The Morgan fingerprint density at radius 2 is 2.11 bits per heavy atom. The Balaban J connectivity index is 2.84. The molecule has 0 aliphatic heterocycles. The first kappa shape index (κ1) is 14.6. The molecule has 1 unspecified atom stereocenters. The van der Waals surface area contributed by atoms with Gasteiger partial charge in [0.2, 0.25) is 10.0 Å². The summed E-state index contributed by atoms with van der Waals surface area (Å²) in [6.07, 6.45) is -0.209. The summed E-state index contributed by atoms with van der Waals surface area (Å²) >= 11 is 0. The molecule has 0 aliphatic carbocycles. The summed E-state index contributed by atoms with van der Waals surface area (Å²) in [4.78, 5) is -0.00352. The monoisotopic (exact) mass is 268 g/mol. The molecule has 1 atom stereocenters. The zero-order chi connectivity index (χ0) is 13.6. The molecule has 0 spiro atoms. The van der Waals surface area contributed by atoms with Crippen molar-refractivity contribution in [2.45, 2.75) is 24.8 Å². The van der Waals surface area contributed by atoms with Crippen LogP contribution < -0.4 is 4.72 Å². The maximum atomic E-state index is 12.0. The lowest BCUT2D eigenvalue weighted by atomic mass is 10.2. The van der Waals surface area contributed by atoms with Crippen LogP contribution >= 0.6 is 0 Å². The lowest BCUT2D eigenvalue weighted by Crippen LogP contribution is -2.32. The van der Waals surface area contributed by atoms with E-state index < -0.39 is 10.0 Å². The molecule has 0 aromatic heterocycles. The van der Waals surface area contributed by atoms with Gasteiger partial charge < -0.3 is 4.74 Å². The summed E-state index contributed by atoms with van der Waals surface area (Å²) < 4.78 is 31.7. The molecule has 0 fully saturated rings. The molecule has 0 aliphatic rings. The van der Waals surface area contributed by atoms with E-state index >= 15 is 0 Å². The Hall–Kier alpha value is -1.42. The highest BCUT2D eigenvalue weighted by molar-refractivity contribution is 7.89. The zero-order valence-corrected chi connectivity index (χ0v) is 11.2. The maximum Gasteiger partial charge on any atom is 0.241 e. The van der Waals surface area contributed by atoms with Gasteiger partial charge in [0.1, 0.15) is 6.07 Å². The van der Waals surface area contributed by atoms with Crippen LogP contribution in [0.15, 0.2) is 29.2 Å². The van der Waals surface area contributed by atoms with E-state index in [1.54, 1.807) is 19.1 Å². The van der Waals surface area contributed by atoms with Gasteiger partial charge in [-0.3, -0.25) is 0 Å². The van der Waals surface area contributed by atoms with Crippen molar-refractivity contribution in [1.82, 2.24) is 4.72 Å². The third-order valence-corrected chi connectivity index (χ3v) is 3.79. The van der Waals surface area contributed by atoms with E-state index in [1.165, 1.54) is 12.1 Å². The maximum absolute atomic E-state index is 12.0. The van der Waals surface area contributed by atoms with Crippen molar-refractivity contribution in [3.05, 3.63) is 29.8 Å². The molecule has 0 saturated heterocycles. The first-order chi connectivity index (χ1) is 8.51. The molecule has 0 radical (unpaired) electrons. The van der Waals surface area contributed by atoms with Gasteiger partial charge in [-0.15, -0.1) is 0 Å². The second kappa shape index (κ2) is 6.50. The van der Waals surface area contributed by atoms with Crippen molar-refractivity contribution < 1.29 is 13.2 Å². The normalized spacial score (nSPS) is 12.9. The number of nitriles is 1. The number of hydrogen-bond acceptors (Lipinski definition) is 4. The van der Waals surface area contributed by atoms with Crippen molar-refractivity contribution in [1.29, 1.82) is 5.26 Å². The summed E-state index contributed by atoms with van der Waals surface area (Å²) in [5, 5.41) is 8.88.